The third kappa shape index (κ3) is 7.41. The van der Waals surface area contributed by atoms with Crippen LogP contribution in [0.2, 0.25) is 0 Å². The molecule has 0 radical (unpaired) electrons. The molecule has 194 valence electrons. The normalized spacial score (nSPS) is 14.7. The molecule has 1 heterocycles. The molecule has 1 aliphatic heterocycles. The van der Waals surface area contributed by atoms with Gasteiger partial charge >= 0.3 is 0 Å². The monoisotopic (exact) mass is 501 g/mol. The molecule has 0 saturated carbocycles. The summed E-state index contributed by atoms with van der Waals surface area (Å²) in [7, 11) is 1.63. The number of benzene rings is 3. The molecule has 2 unspecified atom stereocenters. The van der Waals surface area contributed by atoms with Gasteiger partial charge in [-0.05, 0) is 60.7 Å². The molecule has 1 saturated heterocycles. The topological polar surface area (TPSA) is 90.9 Å². The minimum Gasteiger partial charge on any atom is -0.497 e. The van der Waals surface area contributed by atoms with Crippen LogP contribution in [0.1, 0.15) is 44.7 Å². The molecule has 1 aliphatic rings. The van der Waals surface area contributed by atoms with Crippen LogP contribution in [0.25, 0.3) is 0 Å². The zero-order chi connectivity index (χ0) is 26.0. The van der Waals surface area contributed by atoms with Crippen molar-refractivity contribution < 1.29 is 19.4 Å². The summed E-state index contributed by atoms with van der Waals surface area (Å²) in [6.07, 6.45) is 1.67. The van der Waals surface area contributed by atoms with Crippen LogP contribution in [0.5, 0.6) is 5.75 Å². The predicted octanol–water partition coefficient (Wildman–Crippen LogP) is 3.42. The van der Waals surface area contributed by atoms with E-state index in [1.54, 1.807) is 31.4 Å². The largest absolute Gasteiger partial charge is 0.497 e. The highest BCUT2D eigenvalue weighted by Gasteiger charge is 2.24. The van der Waals surface area contributed by atoms with Crippen LogP contribution < -0.4 is 15.4 Å². The van der Waals surface area contributed by atoms with Gasteiger partial charge in [-0.3, -0.25) is 9.59 Å². The summed E-state index contributed by atoms with van der Waals surface area (Å²) in [6, 6.07) is 23.8. The molecule has 0 spiro atoms. The molecule has 0 aliphatic carbocycles. The molecule has 0 aromatic heterocycles. The van der Waals surface area contributed by atoms with Crippen LogP contribution in [0.3, 0.4) is 0 Å². The lowest BCUT2D eigenvalue weighted by molar-refractivity contribution is 0.0792. The second kappa shape index (κ2) is 13.0. The summed E-state index contributed by atoms with van der Waals surface area (Å²) in [5.41, 5.74) is 2.96. The fraction of sp³-hybridized carbons (Fsp3) is 0.333. The van der Waals surface area contributed by atoms with E-state index in [0.29, 0.717) is 30.6 Å². The number of methoxy groups -OCH3 is 1. The second-order valence-corrected chi connectivity index (χ2v) is 9.40. The van der Waals surface area contributed by atoms with E-state index < -0.39 is 12.1 Å². The van der Waals surface area contributed by atoms with Crippen molar-refractivity contribution >= 4 is 11.8 Å². The quantitative estimate of drug-likeness (QED) is 0.375. The number of carbonyl (C=O) groups is 2. The fourth-order valence-corrected chi connectivity index (χ4v) is 4.59. The van der Waals surface area contributed by atoms with Gasteiger partial charge in [-0.25, -0.2) is 0 Å². The lowest BCUT2D eigenvalue weighted by atomic mass is 10.00. The Kier molecular flexibility index (Phi) is 9.29. The summed E-state index contributed by atoms with van der Waals surface area (Å²) in [5.74, 6) is 0.415. The zero-order valence-corrected chi connectivity index (χ0v) is 21.2. The molecular formula is C30H35N3O4. The molecule has 2 atom stereocenters. The summed E-state index contributed by atoms with van der Waals surface area (Å²) < 4.78 is 5.28. The Morgan fingerprint density at radius 2 is 1.62 bits per heavy atom. The molecule has 3 N–H and O–H groups in total. The van der Waals surface area contributed by atoms with E-state index in [9.17, 15) is 14.7 Å². The number of hydrogen-bond donors (Lipinski definition) is 3. The number of carbonyl (C=O) groups excluding carboxylic acids is 2. The number of aliphatic hydroxyl groups excluding tert-OH is 1. The average molecular weight is 502 g/mol. The van der Waals surface area contributed by atoms with Crippen LogP contribution >= 0.6 is 0 Å². The maximum atomic E-state index is 13.2. The van der Waals surface area contributed by atoms with E-state index in [1.807, 2.05) is 59.5 Å². The number of nitrogens with zero attached hydrogens (tertiary/aromatic N) is 1. The number of rotatable bonds is 11. The highest BCUT2D eigenvalue weighted by molar-refractivity contribution is 5.99. The van der Waals surface area contributed by atoms with Gasteiger partial charge in [-0.2, -0.15) is 0 Å². The summed E-state index contributed by atoms with van der Waals surface area (Å²) >= 11 is 0. The van der Waals surface area contributed by atoms with Crippen LogP contribution in [0.4, 0.5) is 0 Å². The van der Waals surface area contributed by atoms with Crippen molar-refractivity contribution in [1.82, 2.24) is 15.5 Å². The Hall–Kier alpha value is -3.68. The van der Waals surface area contributed by atoms with Crippen molar-refractivity contribution in [2.24, 2.45) is 0 Å². The lowest BCUT2D eigenvalue weighted by Gasteiger charge is -2.25. The number of amides is 2. The number of ether oxygens (including phenoxy) is 1. The molecule has 4 rings (SSSR count). The van der Waals surface area contributed by atoms with Crippen LogP contribution in [-0.2, 0) is 13.0 Å². The Morgan fingerprint density at radius 1 is 0.919 bits per heavy atom. The third-order valence-corrected chi connectivity index (χ3v) is 6.66. The van der Waals surface area contributed by atoms with Gasteiger partial charge in [-0.1, -0.05) is 48.5 Å². The molecule has 0 bridgehead atoms. The van der Waals surface area contributed by atoms with E-state index in [2.05, 4.69) is 10.6 Å². The molecule has 3 aromatic carbocycles. The standard InChI is InChI=1S/C30H35N3O4/c1-37-26-14-7-11-23(17-26)20-31-21-28(34)27(18-22-9-3-2-4-10-22)32-29(35)24-12-8-13-25(19-24)30(36)33-15-5-6-16-33/h2-4,7-14,17,19,27-28,31,34H,5-6,15-16,18,20-21H2,1H3,(H,32,35). The first kappa shape index (κ1) is 26.4. The van der Waals surface area contributed by atoms with Gasteiger partial charge in [0.1, 0.15) is 5.75 Å². The molecule has 2 amide bonds. The number of nitrogens with one attached hydrogen (secondary N) is 2. The van der Waals surface area contributed by atoms with Crippen molar-refractivity contribution in [3.63, 3.8) is 0 Å². The molecular weight excluding hydrogens is 466 g/mol. The Balaban J connectivity index is 1.42. The zero-order valence-electron chi connectivity index (χ0n) is 21.2. The third-order valence-electron chi connectivity index (χ3n) is 6.66. The van der Waals surface area contributed by atoms with Gasteiger partial charge in [-0.15, -0.1) is 0 Å². The first-order valence-electron chi connectivity index (χ1n) is 12.8. The molecule has 1 fully saturated rings. The van der Waals surface area contributed by atoms with E-state index in [-0.39, 0.29) is 11.8 Å². The predicted molar refractivity (Wildman–Crippen MR) is 144 cm³/mol. The average Bonchev–Trinajstić information content (AvgIpc) is 3.48. The van der Waals surface area contributed by atoms with Gasteiger partial charge in [0.25, 0.3) is 11.8 Å². The van der Waals surface area contributed by atoms with Crippen molar-refractivity contribution in [2.75, 3.05) is 26.7 Å². The van der Waals surface area contributed by atoms with Gasteiger partial charge in [0.05, 0.1) is 19.3 Å². The van der Waals surface area contributed by atoms with Gasteiger partial charge in [0, 0.05) is 37.3 Å². The lowest BCUT2D eigenvalue weighted by Crippen LogP contribution is -2.48. The van der Waals surface area contributed by atoms with Crippen LogP contribution in [0.15, 0.2) is 78.9 Å². The van der Waals surface area contributed by atoms with Crippen molar-refractivity contribution in [1.29, 1.82) is 0 Å². The van der Waals surface area contributed by atoms with Crippen molar-refractivity contribution in [3.05, 3.63) is 101 Å². The number of aliphatic hydroxyl groups is 1. The Bertz CT molecular complexity index is 1180. The van der Waals surface area contributed by atoms with Crippen molar-refractivity contribution in [2.45, 2.75) is 38.0 Å². The van der Waals surface area contributed by atoms with E-state index in [4.69, 9.17) is 4.74 Å². The first-order chi connectivity index (χ1) is 18.0. The van der Waals surface area contributed by atoms with Gasteiger partial charge < -0.3 is 25.4 Å². The second-order valence-electron chi connectivity index (χ2n) is 9.40. The Morgan fingerprint density at radius 3 is 2.38 bits per heavy atom. The van der Waals surface area contributed by atoms with Gasteiger partial charge in [0.2, 0.25) is 0 Å². The smallest absolute Gasteiger partial charge is 0.253 e. The molecule has 7 heteroatoms. The van der Waals surface area contributed by atoms with E-state index in [1.165, 1.54) is 0 Å². The van der Waals surface area contributed by atoms with E-state index in [0.717, 1.165) is 42.8 Å². The fourth-order valence-electron chi connectivity index (χ4n) is 4.59. The first-order valence-corrected chi connectivity index (χ1v) is 12.8. The number of hydrogen-bond acceptors (Lipinski definition) is 5. The molecule has 37 heavy (non-hydrogen) atoms. The highest BCUT2D eigenvalue weighted by atomic mass is 16.5. The molecule has 3 aromatic rings. The van der Waals surface area contributed by atoms with Crippen LogP contribution in [0, 0.1) is 0 Å². The SMILES string of the molecule is COc1cccc(CNCC(O)C(Cc2ccccc2)NC(=O)c2cccc(C(=O)N3CCCC3)c2)c1. The minimum atomic E-state index is -0.829. The number of likely N-dealkylation sites (tertiary alicyclic amines) is 1. The summed E-state index contributed by atoms with van der Waals surface area (Å²) in [6.45, 7) is 2.36. The van der Waals surface area contributed by atoms with Crippen LogP contribution in [-0.4, -0.2) is 60.7 Å². The summed E-state index contributed by atoms with van der Waals surface area (Å²) in [5, 5.41) is 17.4. The van der Waals surface area contributed by atoms with Crippen molar-refractivity contribution in [3.8, 4) is 5.75 Å². The van der Waals surface area contributed by atoms with Gasteiger partial charge in [0.15, 0.2) is 0 Å². The minimum absolute atomic E-state index is 0.0465. The highest BCUT2D eigenvalue weighted by Crippen LogP contribution is 2.16. The maximum Gasteiger partial charge on any atom is 0.253 e. The maximum absolute atomic E-state index is 13.2. The van der Waals surface area contributed by atoms with E-state index >= 15 is 0 Å². The summed E-state index contributed by atoms with van der Waals surface area (Å²) in [4.78, 5) is 27.9. The molecule has 7 nitrogen and oxygen atoms in total. The Labute approximate surface area is 218 Å².